The van der Waals surface area contributed by atoms with Crippen LogP contribution in [0.4, 0.5) is 0 Å². The molecule has 0 saturated heterocycles. The molecule has 0 spiro atoms. The van der Waals surface area contributed by atoms with Gasteiger partial charge in [-0.15, -0.1) is 0 Å². The van der Waals surface area contributed by atoms with E-state index in [0.717, 1.165) is 0 Å². The molecule has 126 valence electrons. The molecule has 20 heavy (non-hydrogen) atoms. The smallest absolute Gasteiger partial charge is 0.369 e. The van der Waals surface area contributed by atoms with Crippen molar-refractivity contribution in [1.82, 2.24) is 0 Å². The Hall–Kier alpha value is 1.09. The van der Waals surface area contributed by atoms with Gasteiger partial charge in [0.05, 0.1) is 0 Å². The van der Waals surface area contributed by atoms with E-state index < -0.39 is 0 Å². The third kappa shape index (κ3) is 21.4. The van der Waals surface area contributed by atoms with E-state index in [1.54, 1.807) is 0 Å². The zero-order valence-corrected chi connectivity index (χ0v) is 16.7. The Kier molecular flexibility index (Phi) is 26.1. The van der Waals surface area contributed by atoms with Crippen LogP contribution in [0.2, 0.25) is 0 Å². The molecule has 0 aliphatic rings. The predicted octanol–water partition coefficient (Wildman–Crippen LogP) is 7.34. The largest absolute Gasteiger partial charge is 1.00 e. The Morgan fingerprint density at radius 1 is 0.550 bits per heavy atom. The minimum Gasteiger partial charge on any atom is -0.369 e. The minimum atomic E-state index is 0. The van der Waals surface area contributed by atoms with Crippen molar-refractivity contribution >= 4 is 12.6 Å². The molecule has 0 amide bonds. The Bertz CT molecular complexity index is 134. The van der Waals surface area contributed by atoms with E-state index >= 15 is 0 Å². The molecule has 0 saturated carbocycles. The van der Waals surface area contributed by atoms with E-state index in [1.165, 1.54) is 103 Å². The molecule has 0 fully saturated rings. The normalized spacial score (nSPS) is 10.5. The fraction of sp³-hybridized carbons (Fsp3) is 0.944. The van der Waals surface area contributed by atoms with Crippen molar-refractivity contribution in [3.8, 4) is 0 Å². The molecule has 0 aliphatic carbocycles. The molecule has 0 aromatic carbocycles. The van der Waals surface area contributed by atoms with E-state index in [-0.39, 0.29) is 22.4 Å². The van der Waals surface area contributed by atoms with Crippen LogP contribution in [0.15, 0.2) is 0 Å². The molecule has 0 nitrogen and oxygen atoms in total. The van der Waals surface area contributed by atoms with Crippen LogP contribution in [0.5, 0.6) is 0 Å². The molecule has 0 atom stereocenters. The first-order chi connectivity index (χ1) is 9.41. The van der Waals surface area contributed by atoms with Gasteiger partial charge in [0.1, 0.15) is 0 Å². The van der Waals surface area contributed by atoms with Crippen LogP contribution in [0, 0.1) is 5.75 Å². The monoisotopic (exact) mass is 482 g/mol. The van der Waals surface area contributed by atoms with Gasteiger partial charge in [-0.25, -0.2) is 0 Å². The molecule has 0 unspecified atom stereocenters. The summed E-state index contributed by atoms with van der Waals surface area (Å²) < 4.78 is 0. The topological polar surface area (TPSA) is 0 Å². The molecule has 0 N–H and O–H groups in total. The SMILES string of the molecule is CCCCCCCCCCCCCCCCC[CH-]S.[Au+]. The van der Waals surface area contributed by atoms with Crippen molar-refractivity contribution in [3.05, 3.63) is 5.75 Å². The van der Waals surface area contributed by atoms with Crippen molar-refractivity contribution in [2.24, 2.45) is 0 Å². The van der Waals surface area contributed by atoms with Crippen molar-refractivity contribution in [2.45, 2.75) is 110 Å². The maximum atomic E-state index is 4.12. The van der Waals surface area contributed by atoms with Crippen LogP contribution in [0.25, 0.3) is 0 Å². The molecular formula is C18H37AuS. The van der Waals surface area contributed by atoms with Crippen LogP contribution in [-0.2, 0) is 22.4 Å². The third-order valence-corrected chi connectivity index (χ3v) is 4.19. The van der Waals surface area contributed by atoms with Gasteiger partial charge in [0.15, 0.2) is 0 Å². The molecule has 0 heterocycles. The van der Waals surface area contributed by atoms with Gasteiger partial charge >= 0.3 is 22.4 Å². The quantitative estimate of drug-likeness (QED) is 0.101. The van der Waals surface area contributed by atoms with Gasteiger partial charge in [0.25, 0.3) is 0 Å². The van der Waals surface area contributed by atoms with E-state index in [2.05, 4.69) is 19.6 Å². The first-order valence-electron chi connectivity index (χ1n) is 8.87. The van der Waals surface area contributed by atoms with Crippen LogP contribution >= 0.6 is 12.6 Å². The molecule has 0 rings (SSSR count). The predicted molar refractivity (Wildman–Crippen MR) is 92.8 cm³/mol. The second-order valence-electron chi connectivity index (χ2n) is 5.92. The number of hydrogen-bond acceptors (Lipinski definition) is 1. The van der Waals surface area contributed by atoms with Gasteiger partial charge in [-0.1, -0.05) is 103 Å². The summed E-state index contributed by atoms with van der Waals surface area (Å²) in [6.07, 6.45) is 22.8. The Morgan fingerprint density at radius 2 is 0.850 bits per heavy atom. The summed E-state index contributed by atoms with van der Waals surface area (Å²) in [7, 11) is 0. The Balaban J connectivity index is 0. The first-order valence-corrected chi connectivity index (χ1v) is 9.39. The molecule has 0 bridgehead atoms. The molecule has 2 heteroatoms. The third-order valence-electron chi connectivity index (χ3n) is 3.94. The fourth-order valence-electron chi connectivity index (χ4n) is 2.61. The molecule has 0 aliphatic heterocycles. The van der Waals surface area contributed by atoms with Gasteiger partial charge in [0.2, 0.25) is 0 Å². The molecule has 0 aromatic rings. The second-order valence-corrected chi connectivity index (χ2v) is 6.29. The van der Waals surface area contributed by atoms with Crippen LogP contribution in [0.3, 0.4) is 0 Å². The van der Waals surface area contributed by atoms with Crippen LogP contribution < -0.4 is 0 Å². The van der Waals surface area contributed by atoms with E-state index in [9.17, 15) is 0 Å². The summed E-state index contributed by atoms with van der Waals surface area (Å²) >= 11 is 4.12. The Morgan fingerprint density at radius 3 is 1.15 bits per heavy atom. The average Bonchev–Trinajstić information content (AvgIpc) is 2.43. The summed E-state index contributed by atoms with van der Waals surface area (Å²) in [5, 5.41) is 0. The standard InChI is InChI=1S/C18H37S.Au/c1-2-3-4-5-6-7-8-9-10-11-12-13-14-15-16-17-18-19;/h18-19H,2-17H2,1H3;/q-1;+1. The molecule has 0 radical (unpaired) electrons. The summed E-state index contributed by atoms with van der Waals surface area (Å²) in [5.41, 5.74) is 0. The van der Waals surface area contributed by atoms with Gasteiger partial charge in [-0.3, -0.25) is 5.75 Å². The van der Waals surface area contributed by atoms with Gasteiger partial charge < -0.3 is 12.6 Å². The number of unbranched alkanes of at least 4 members (excludes halogenated alkanes) is 15. The number of hydrogen-bond donors (Lipinski definition) is 1. The van der Waals surface area contributed by atoms with Gasteiger partial charge in [-0.2, -0.15) is 6.42 Å². The molecule has 0 aromatic heterocycles. The summed E-state index contributed by atoms with van der Waals surface area (Å²) in [5.74, 6) is 1.99. The maximum absolute atomic E-state index is 4.12. The van der Waals surface area contributed by atoms with Crippen molar-refractivity contribution in [3.63, 3.8) is 0 Å². The fourth-order valence-corrected chi connectivity index (χ4v) is 2.79. The summed E-state index contributed by atoms with van der Waals surface area (Å²) in [6, 6.07) is 0. The van der Waals surface area contributed by atoms with Crippen LogP contribution in [-0.4, -0.2) is 0 Å². The average molecular weight is 483 g/mol. The van der Waals surface area contributed by atoms with E-state index in [4.69, 9.17) is 0 Å². The van der Waals surface area contributed by atoms with Crippen molar-refractivity contribution in [1.29, 1.82) is 0 Å². The van der Waals surface area contributed by atoms with E-state index in [1.807, 2.05) is 5.75 Å². The Labute approximate surface area is 150 Å². The van der Waals surface area contributed by atoms with Crippen molar-refractivity contribution < 1.29 is 22.4 Å². The zero-order valence-electron chi connectivity index (χ0n) is 13.6. The molecular weight excluding hydrogens is 445 g/mol. The van der Waals surface area contributed by atoms with Gasteiger partial charge in [-0.05, 0) is 0 Å². The van der Waals surface area contributed by atoms with Gasteiger partial charge in [0, 0.05) is 0 Å². The first kappa shape index (κ1) is 23.4. The summed E-state index contributed by atoms with van der Waals surface area (Å²) in [6.45, 7) is 2.29. The van der Waals surface area contributed by atoms with Crippen LogP contribution in [0.1, 0.15) is 110 Å². The van der Waals surface area contributed by atoms with Crippen molar-refractivity contribution in [2.75, 3.05) is 0 Å². The number of rotatable bonds is 16. The zero-order chi connectivity index (χ0) is 14.0. The maximum Gasteiger partial charge on any atom is 1.00 e. The number of thiol groups is 1. The van der Waals surface area contributed by atoms with E-state index in [0.29, 0.717) is 0 Å². The second kappa shape index (κ2) is 22.4. The summed E-state index contributed by atoms with van der Waals surface area (Å²) in [4.78, 5) is 0. The minimum absolute atomic E-state index is 0.